The highest BCUT2D eigenvalue weighted by Crippen LogP contribution is 2.23. The van der Waals surface area contributed by atoms with Crippen LogP contribution in [0.3, 0.4) is 0 Å². The van der Waals surface area contributed by atoms with Gasteiger partial charge in [0.25, 0.3) is 10.0 Å². The highest BCUT2D eigenvalue weighted by Gasteiger charge is 2.15. The summed E-state index contributed by atoms with van der Waals surface area (Å²) >= 11 is 0. The molecule has 0 saturated heterocycles. The van der Waals surface area contributed by atoms with E-state index in [2.05, 4.69) is 27.2 Å². The Morgan fingerprint density at radius 1 is 0.963 bits per heavy atom. The Hall–Kier alpha value is -3.06. The van der Waals surface area contributed by atoms with Crippen molar-refractivity contribution in [3.63, 3.8) is 0 Å². The molecule has 0 fully saturated rings. The van der Waals surface area contributed by atoms with Crippen molar-refractivity contribution in [2.75, 3.05) is 17.1 Å². The normalized spacial score (nSPS) is 11.1. The standard InChI is InChI=1S/C20H21N3O3S/c1-14-4-5-15(2)19(12-14)22-16-6-11-20(21-13-16)23-27(24,25)18-9-7-17(26-3)8-10-18/h4-13,22H,1-3H3,(H,21,23). The maximum atomic E-state index is 12.5. The van der Waals surface area contributed by atoms with Crippen molar-refractivity contribution in [1.29, 1.82) is 0 Å². The van der Waals surface area contributed by atoms with Crippen molar-refractivity contribution in [3.8, 4) is 5.75 Å². The Morgan fingerprint density at radius 2 is 1.70 bits per heavy atom. The van der Waals surface area contributed by atoms with Gasteiger partial charge in [-0.2, -0.15) is 0 Å². The summed E-state index contributed by atoms with van der Waals surface area (Å²) in [6.07, 6.45) is 1.59. The molecule has 0 radical (unpaired) electrons. The molecule has 0 aliphatic carbocycles. The quantitative estimate of drug-likeness (QED) is 0.665. The number of ether oxygens (including phenoxy) is 1. The van der Waals surface area contributed by atoms with Crippen molar-refractivity contribution in [3.05, 3.63) is 71.9 Å². The molecule has 0 unspecified atom stereocenters. The van der Waals surface area contributed by atoms with E-state index < -0.39 is 10.0 Å². The zero-order valence-electron chi connectivity index (χ0n) is 15.4. The summed E-state index contributed by atoms with van der Waals surface area (Å²) < 4.78 is 32.4. The van der Waals surface area contributed by atoms with E-state index in [-0.39, 0.29) is 10.7 Å². The first-order valence-corrected chi connectivity index (χ1v) is 9.83. The minimum atomic E-state index is -3.71. The number of nitrogens with zero attached hydrogens (tertiary/aromatic N) is 1. The van der Waals surface area contributed by atoms with Crippen LogP contribution in [0.25, 0.3) is 0 Å². The second-order valence-corrected chi connectivity index (χ2v) is 7.84. The molecule has 0 atom stereocenters. The van der Waals surface area contributed by atoms with E-state index in [1.807, 2.05) is 19.9 Å². The monoisotopic (exact) mass is 383 g/mol. The minimum Gasteiger partial charge on any atom is -0.497 e. The van der Waals surface area contributed by atoms with Crippen LogP contribution in [-0.2, 0) is 10.0 Å². The average molecular weight is 383 g/mol. The van der Waals surface area contributed by atoms with E-state index >= 15 is 0 Å². The van der Waals surface area contributed by atoms with Crippen LogP contribution in [0, 0.1) is 13.8 Å². The summed E-state index contributed by atoms with van der Waals surface area (Å²) in [5, 5.41) is 3.29. The molecule has 6 nitrogen and oxygen atoms in total. The van der Waals surface area contributed by atoms with Gasteiger partial charge in [-0.1, -0.05) is 12.1 Å². The number of aryl methyl sites for hydroxylation is 2. The van der Waals surface area contributed by atoms with Gasteiger partial charge in [-0.05, 0) is 67.4 Å². The second-order valence-electron chi connectivity index (χ2n) is 6.16. The molecule has 0 spiro atoms. The van der Waals surface area contributed by atoms with Crippen molar-refractivity contribution in [1.82, 2.24) is 4.98 Å². The molecular formula is C20H21N3O3S. The number of methoxy groups -OCH3 is 1. The van der Waals surface area contributed by atoms with Crippen molar-refractivity contribution in [2.24, 2.45) is 0 Å². The minimum absolute atomic E-state index is 0.141. The molecule has 0 bridgehead atoms. The van der Waals surface area contributed by atoms with Gasteiger partial charge in [-0.15, -0.1) is 0 Å². The van der Waals surface area contributed by atoms with E-state index in [0.29, 0.717) is 5.75 Å². The van der Waals surface area contributed by atoms with Crippen LogP contribution in [0.2, 0.25) is 0 Å². The molecule has 0 aliphatic heterocycles. The van der Waals surface area contributed by atoms with E-state index in [0.717, 1.165) is 22.5 Å². The summed E-state index contributed by atoms with van der Waals surface area (Å²) in [7, 11) is -2.18. The van der Waals surface area contributed by atoms with Gasteiger partial charge in [0.05, 0.1) is 23.9 Å². The van der Waals surface area contributed by atoms with Crippen molar-refractivity contribution < 1.29 is 13.2 Å². The van der Waals surface area contributed by atoms with E-state index in [4.69, 9.17) is 4.74 Å². The van der Waals surface area contributed by atoms with Gasteiger partial charge < -0.3 is 10.1 Å². The zero-order chi connectivity index (χ0) is 19.4. The molecule has 0 aliphatic rings. The molecule has 0 saturated carbocycles. The first-order chi connectivity index (χ1) is 12.9. The topological polar surface area (TPSA) is 80.3 Å². The number of nitrogens with one attached hydrogen (secondary N) is 2. The zero-order valence-corrected chi connectivity index (χ0v) is 16.2. The van der Waals surface area contributed by atoms with Crippen LogP contribution in [-0.4, -0.2) is 20.5 Å². The highest BCUT2D eigenvalue weighted by molar-refractivity contribution is 7.92. The lowest BCUT2D eigenvalue weighted by atomic mass is 10.1. The lowest BCUT2D eigenvalue weighted by Crippen LogP contribution is -2.13. The molecule has 7 heteroatoms. The summed E-state index contributed by atoms with van der Waals surface area (Å²) in [6.45, 7) is 4.05. The number of sulfonamides is 1. The van der Waals surface area contributed by atoms with Gasteiger partial charge in [0.2, 0.25) is 0 Å². The van der Waals surface area contributed by atoms with E-state index in [9.17, 15) is 8.42 Å². The number of rotatable bonds is 6. The largest absolute Gasteiger partial charge is 0.497 e. The van der Waals surface area contributed by atoms with Crippen molar-refractivity contribution >= 4 is 27.2 Å². The fourth-order valence-electron chi connectivity index (χ4n) is 2.51. The maximum absolute atomic E-state index is 12.5. The number of hydrogen-bond acceptors (Lipinski definition) is 5. The summed E-state index contributed by atoms with van der Waals surface area (Å²) in [4.78, 5) is 4.34. The third-order valence-corrected chi connectivity index (χ3v) is 5.41. The van der Waals surface area contributed by atoms with Crippen LogP contribution < -0.4 is 14.8 Å². The van der Waals surface area contributed by atoms with Gasteiger partial charge in [0.1, 0.15) is 11.6 Å². The van der Waals surface area contributed by atoms with Gasteiger partial charge in [-0.3, -0.25) is 4.72 Å². The first-order valence-electron chi connectivity index (χ1n) is 8.34. The molecule has 3 rings (SSSR count). The number of benzene rings is 2. The number of anilines is 3. The average Bonchev–Trinajstić information content (AvgIpc) is 2.66. The Bertz CT molecular complexity index is 1030. The molecule has 2 aromatic carbocycles. The Morgan fingerprint density at radius 3 is 2.33 bits per heavy atom. The van der Waals surface area contributed by atoms with Crippen molar-refractivity contribution in [2.45, 2.75) is 18.7 Å². The smallest absolute Gasteiger partial charge is 0.263 e. The van der Waals surface area contributed by atoms with Crippen LogP contribution in [0.1, 0.15) is 11.1 Å². The Balaban J connectivity index is 1.74. The third kappa shape index (κ3) is 4.57. The molecule has 27 heavy (non-hydrogen) atoms. The molecule has 0 amide bonds. The maximum Gasteiger partial charge on any atom is 0.263 e. The van der Waals surface area contributed by atoms with Gasteiger partial charge in [0.15, 0.2) is 0 Å². The molecule has 1 aromatic heterocycles. The van der Waals surface area contributed by atoms with Gasteiger partial charge >= 0.3 is 0 Å². The highest BCUT2D eigenvalue weighted by atomic mass is 32.2. The molecule has 1 heterocycles. The molecule has 2 N–H and O–H groups in total. The van der Waals surface area contributed by atoms with Crippen LogP contribution in [0.5, 0.6) is 5.75 Å². The van der Waals surface area contributed by atoms with Crippen LogP contribution >= 0.6 is 0 Å². The molecular weight excluding hydrogens is 362 g/mol. The summed E-state index contributed by atoms with van der Waals surface area (Å²) in [5.74, 6) is 0.839. The molecule has 3 aromatic rings. The molecule has 140 valence electrons. The summed E-state index contributed by atoms with van der Waals surface area (Å²) in [6, 6.07) is 15.7. The van der Waals surface area contributed by atoms with Crippen LogP contribution in [0.4, 0.5) is 17.2 Å². The van der Waals surface area contributed by atoms with E-state index in [1.54, 1.807) is 30.5 Å². The first kappa shape index (κ1) is 18.7. The second kappa shape index (κ2) is 7.67. The predicted octanol–water partition coefficient (Wildman–Crippen LogP) is 4.25. The number of aromatic nitrogens is 1. The summed E-state index contributed by atoms with van der Waals surface area (Å²) in [5.41, 5.74) is 4.03. The fourth-order valence-corrected chi connectivity index (χ4v) is 3.51. The van der Waals surface area contributed by atoms with Gasteiger partial charge in [0, 0.05) is 5.69 Å². The fraction of sp³-hybridized carbons (Fsp3) is 0.150. The SMILES string of the molecule is COc1ccc(S(=O)(=O)Nc2ccc(Nc3cc(C)ccc3C)cn2)cc1. The predicted molar refractivity (Wildman–Crippen MR) is 107 cm³/mol. The lowest BCUT2D eigenvalue weighted by Gasteiger charge is -2.12. The third-order valence-electron chi connectivity index (χ3n) is 4.04. The van der Waals surface area contributed by atoms with Gasteiger partial charge in [-0.25, -0.2) is 13.4 Å². The number of pyridine rings is 1. The van der Waals surface area contributed by atoms with E-state index in [1.165, 1.54) is 19.2 Å². The number of hydrogen-bond donors (Lipinski definition) is 2. The Kier molecular flexibility index (Phi) is 5.32. The van der Waals surface area contributed by atoms with Crippen LogP contribution in [0.15, 0.2) is 65.7 Å². The Labute approximate surface area is 159 Å². The lowest BCUT2D eigenvalue weighted by molar-refractivity contribution is 0.414.